The summed E-state index contributed by atoms with van der Waals surface area (Å²) in [6, 6.07) is 3.42. The number of pyridine rings is 1. The molecular formula is C11H13N3O3S. The first-order valence-electron chi connectivity index (χ1n) is 5.27. The zero-order chi connectivity index (χ0) is 13.3. The standard InChI is InChI=1S/C11H13N3O3S/c1-8(15)10-4-3-5-12-11(10)14-7-9(6-13-14)18(2,16)17/h3-8,15H,1-2H3/t8-/m0/s1. The van der Waals surface area contributed by atoms with Gasteiger partial charge in [0.05, 0.1) is 18.5 Å². The molecule has 2 heterocycles. The molecule has 1 N–H and O–H groups in total. The van der Waals surface area contributed by atoms with Crippen LogP contribution in [0.15, 0.2) is 35.6 Å². The Labute approximate surface area is 105 Å². The van der Waals surface area contributed by atoms with E-state index < -0.39 is 15.9 Å². The molecule has 0 aliphatic carbocycles. The molecule has 0 spiro atoms. The first-order chi connectivity index (χ1) is 8.39. The molecule has 6 nitrogen and oxygen atoms in total. The quantitative estimate of drug-likeness (QED) is 0.885. The summed E-state index contributed by atoms with van der Waals surface area (Å²) in [5, 5.41) is 13.6. The summed E-state index contributed by atoms with van der Waals surface area (Å²) < 4.78 is 24.1. The third-order valence-electron chi connectivity index (χ3n) is 2.47. The molecule has 96 valence electrons. The van der Waals surface area contributed by atoms with Crippen molar-refractivity contribution in [2.24, 2.45) is 0 Å². The summed E-state index contributed by atoms with van der Waals surface area (Å²) in [6.07, 6.45) is 4.60. The van der Waals surface area contributed by atoms with Gasteiger partial charge in [-0.15, -0.1) is 0 Å². The molecule has 0 radical (unpaired) electrons. The maximum atomic E-state index is 11.4. The molecule has 2 aromatic rings. The highest BCUT2D eigenvalue weighted by Crippen LogP contribution is 2.19. The van der Waals surface area contributed by atoms with Crippen LogP contribution in [0, 0.1) is 0 Å². The molecule has 0 saturated heterocycles. The molecule has 0 aliphatic rings. The van der Waals surface area contributed by atoms with Gasteiger partial charge in [0.1, 0.15) is 4.90 Å². The molecule has 2 aromatic heterocycles. The van der Waals surface area contributed by atoms with Crippen LogP contribution in [0.25, 0.3) is 5.82 Å². The van der Waals surface area contributed by atoms with Crippen LogP contribution in [0.2, 0.25) is 0 Å². The third-order valence-corrected chi connectivity index (χ3v) is 3.54. The van der Waals surface area contributed by atoms with Crippen molar-refractivity contribution in [2.75, 3.05) is 6.26 Å². The number of hydrogen-bond donors (Lipinski definition) is 1. The minimum Gasteiger partial charge on any atom is -0.389 e. The van der Waals surface area contributed by atoms with Gasteiger partial charge in [-0.3, -0.25) is 0 Å². The summed E-state index contributed by atoms with van der Waals surface area (Å²) >= 11 is 0. The number of aliphatic hydroxyl groups is 1. The van der Waals surface area contributed by atoms with E-state index >= 15 is 0 Å². The molecule has 7 heteroatoms. The predicted octanol–water partition coefficient (Wildman–Crippen LogP) is 0.724. The normalized spacial score (nSPS) is 13.5. The van der Waals surface area contributed by atoms with E-state index in [0.29, 0.717) is 11.4 Å². The van der Waals surface area contributed by atoms with Gasteiger partial charge in [-0.1, -0.05) is 6.07 Å². The second-order valence-corrected chi connectivity index (χ2v) is 6.00. The highest BCUT2D eigenvalue weighted by molar-refractivity contribution is 7.90. The van der Waals surface area contributed by atoms with E-state index in [2.05, 4.69) is 10.1 Å². The Kier molecular flexibility index (Phi) is 3.18. The monoisotopic (exact) mass is 267 g/mol. The molecule has 0 fully saturated rings. The van der Waals surface area contributed by atoms with Gasteiger partial charge in [-0.25, -0.2) is 18.1 Å². The van der Waals surface area contributed by atoms with Crippen LogP contribution < -0.4 is 0 Å². The van der Waals surface area contributed by atoms with E-state index in [1.165, 1.54) is 17.1 Å². The van der Waals surface area contributed by atoms with Crippen molar-refractivity contribution in [2.45, 2.75) is 17.9 Å². The number of hydrogen-bond acceptors (Lipinski definition) is 5. The minimum absolute atomic E-state index is 0.115. The average molecular weight is 267 g/mol. The van der Waals surface area contributed by atoms with Crippen LogP contribution in [0.3, 0.4) is 0 Å². The van der Waals surface area contributed by atoms with Gasteiger partial charge < -0.3 is 5.11 Å². The van der Waals surface area contributed by atoms with Gasteiger partial charge in [-0.05, 0) is 13.0 Å². The molecule has 0 aromatic carbocycles. The summed E-state index contributed by atoms with van der Waals surface area (Å²) in [7, 11) is -3.30. The molecule has 0 unspecified atom stereocenters. The van der Waals surface area contributed by atoms with Gasteiger partial charge in [0.15, 0.2) is 15.7 Å². The van der Waals surface area contributed by atoms with Gasteiger partial charge in [0, 0.05) is 18.0 Å². The Morgan fingerprint density at radius 3 is 2.72 bits per heavy atom. The number of sulfone groups is 1. The maximum Gasteiger partial charge on any atom is 0.178 e. The number of aliphatic hydroxyl groups excluding tert-OH is 1. The van der Waals surface area contributed by atoms with Crippen molar-refractivity contribution in [3.63, 3.8) is 0 Å². The zero-order valence-corrected chi connectivity index (χ0v) is 10.8. The lowest BCUT2D eigenvalue weighted by atomic mass is 10.1. The van der Waals surface area contributed by atoms with E-state index in [0.717, 1.165) is 6.26 Å². The Morgan fingerprint density at radius 1 is 1.44 bits per heavy atom. The average Bonchev–Trinajstić information content (AvgIpc) is 2.77. The minimum atomic E-state index is -3.30. The van der Waals surface area contributed by atoms with Crippen molar-refractivity contribution in [1.29, 1.82) is 0 Å². The highest BCUT2D eigenvalue weighted by atomic mass is 32.2. The van der Waals surface area contributed by atoms with Crippen LogP contribution in [0.4, 0.5) is 0 Å². The Morgan fingerprint density at radius 2 is 2.17 bits per heavy atom. The lowest BCUT2D eigenvalue weighted by Crippen LogP contribution is -2.05. The molecule has 0 amide bonds. The van der Waals surface area contributed by atoms with Crippen LogP contribution in [-0.2, 0) is 9.84 Å². The van der Waals surface area contributed by atoms with Crippen molar-refractivity contribution in [3.8, 4) is 5.82 Å². The van der Waals surface area contributed by atoms with Gasteiger partial charge in [-0.2, -0.15) is 5.10 Å². The van der Waals surface area contributed by atoms with Gasteiger partial charge in [0.2, 0.25) is 0 Å². The Hall–Kier alpha value is -1.73. The van der Waals surface area contributed by atoms with Gasteiger partial charge in [0.25, 0.3) is 0 Å². The maximum absolute atomic E-state index is 11.4. The lowest BCUT2D eigenvalue weighted by molar-refractivity contribution is 0.198. The zero-order valence-electron chi connectivity index (χ0n) is 9.98. The van der Waals surface area contributed by atoms with E-state index in [9.17, 15) is 13.5 Å². The molecule has 0 bridgehead atoms. The Bertz CT molecular complexity index is 662. The van der Waals surface area contributed by atoms with E-state index in [4.69, 9.17) is 0 Å². The fourth-order valence-electron chi connectivity index (χ4n) is 1.54. The fourth-order valence-corrected chi connectivity index (χ4v) is 2.07. The first-order valence-corrected chi connectivity index (χ1v) is 7.17. The lowest BCUT2D eigenvalue weighted by Gasteiger charge is -2.09. The van der Waals surface area contributed by atoms with Crippen molar-refractivity contribution >= 4 is 9.84 Å². The molecular weight excluding hydrogens is 254 g/mol. The van der Waals surface area contributed by atoms with Crippen molar-refractivity contribution in [3.05, 3.63) is 36.3 Å². The smallest absolute Gasteiger partial charge is 0.178 e. The van der Waals surface area contributed by atoms with Crippen LogP contribution in [0.1, 0.15) is 18.6 Å². The highest BCUT2D eigenvalue weighted by Gasteiger charge is 2.15. The summed E-state index contributed by atoms with van der Waals surface area (Å²) in [6.45, 7) is 1.61. The summed E-state index contributed by atoms with van der Waals surface area (Å²) in [4.78, 5) is 4.23. The SMILES string of the molecule is C[C@H](O)c1cccnc1-n1cc(S(C)(=O)=O)cn1. The van der Waals surface area contributed by atoms with Gasteiger partial charge >= 0.3 is 0 Å². The topological polar surface area (TPSA) is 85.1 Å². The second kappa shape index (κ2) is 4.51. The number of nitrogens with zero attached hydrogens (tertiary/aromatic N) is 3. The summed E-state index contributed by atoms with van der Waals surface area (Å²) in [5.41, 5.74) is 0.584. The summed E-state index contributed by atoms with van der Waals surface area (Å²) in [5.74, 6) is 0.419. The van der Waals surface area contributed by atoms with Crippen LogP contribution in [-0.4, -0.2) is 34.5 Å². The van der Waals surface area contributed by atoms with Crippen LogP contribution >= 0.6 is 0 Å². The predicted molar refractivity (Wildman–Crippen MR) is 65.1 cm³/mol. The Balaban J connectivity index is 2.53. The van der Waals surface area contributed by atoms with Crippen molar-refractivity contribution < 1.29 is 13.5 Å². The van der Waals surface area contributed by atoms with Crippen molar-refractivity contribution in [1.82, 2.24) is 14.8 Å². The van der Waals surface area contributed by atoms with Crippen LogP contribution in [0.5, 0.6) is 0 Å². The van der Waals surface area contributed by atoms with E-state index in [-0.39, 0.29) is 4.90 Å². The molecule has 0 saturated carbocycles. The number of aromatic nitrogens is 3. The van der Waals surface area contributed by atoms with E-state index in [1.54, 1.807) is 25.3 Å². The fraction of sp³-hybridized carbons (Fsp3) is 0.273. The molecule has 2 rings (SSSR count). The molecule has 18 heavy (non-hydrogen) atoms. The largest absolute Gasteiger partial charge is 0.389 e. The molecule has 0 aliphatic heterocycles. The second-order valence-electron chi connectivity index (χ2n) is 3.98. The first kappa shape index (κ1) is 12.7. The third kappa shape index (κ3) is 2.41. The van der Waals surface area contributed by atoms with E-state index in [1.807, 2.05) is 0 Å². The molecule has 1 atom stereocenters. The number of rotatable bonds is 3.